The Hall–Kier alpha value is -3.19. The monoisotopic (exact) mass is 419 g/mol. The van der Waals surface area contributed by atoms with Gasteiger partial charge in [0.05, 0.1) is 36.8 Å². The number of aryl methyl sites for hydroxylation is 1. The lowest BCUT2D eigenvalue weighted by atomic mass is 10.1. The number of methoxy groups -OCH3 is 1. The molecular weight excluding hydrogens is 390 g/mol. The van der Waals surface area contributed by atoms with Crippen LogP contribution in [0.1, 0.15) is 46.6 Å². The Morgan fingerprint density at radius 3 is 2.71 bits per heavy atom. The topological polar surface area (TPSA) is 63.5 Å². The van der Waals surface area contributed by atoms with E-state index in [0.717, 1.165) is 29.1 Å². The van der Waals surface area contributed by atoms with Crippen molar-refractivity contribution in [3.05, 3.63) is 70.7 Å². The number of hydrogen-bond donors (Lipinski definition) is 0. The van der Waals surface area contributed by atoms with E-state index in [-0.39, 0.29) is 11.9 Å². The largest absolute Gasteiger partial charge is 0.481 e. The highest BCUT2D eigenvalue weighted by atomic mass is 16.5. The Morgan fingerprint density at radius 2 is 2.00 bits per heavy atom. The van der Waals surface area contributed by atoms with Gasteiger partial charge in [-0.25, -0.2) is 9.67 Å². The minimum atomic E-state index is 0.0450. The number of amides is 1. The molecule has 3 aromatic rings. The molecule has 1 aromatic carbocycles. The van der Waals surface area contributed by atoms with Gasteiger partial charge in [-0.15, -0.1) is 0 Å². The summed E-state index contributed by atoms with van der Waals surface area (Å²) < 4.78 is 7.46. The highest BCUT2D eigenvalue weighted by molar-refractivity contribution is 5.98. The molecule has 1 aliphatic rings. The van der Waals surface area contributed by atoms with E-state index in [0.29, 0.717) is 24.5 Å². The molecule has 31 heavy (non-hydrogen) atoms. The number of pyridine rings is 1. The average Bonchev–Trinajstić information content (AvgIpc) is 3.32. The number of carbonyl (C=O) groups excluding carboxylic acids is 1. The first-order chi connectivity index (χ1) is 14.9. The number of hydrogen-bond acceptors (Lipinski definition) is 5. The molecule has 1 aliphatic heterocycles. The highest BCUT2D eigenvalue weighted by Crippen LogP contribution is 2.29. The minimum Gasteiger partial charge on any atom is -0.481 e. The number of aromatic nitrogens is 3. The fourth-order valence-corrected chi connectivity index (χ4v) is 4.03. The third kappa shape index (κ3) is 4.18. The van der Waals surface area contributed by atoms with Crippen molar-refractivity contribution < 1.29 is 9.53 Å². The van der Waals surface area contributed by atoms with Gasteiger partial charge in [0, 0.05) is 36.5 Å². The number of nitrogens with zero attached hydrogens (tertiary/aromatic N) is 5. The maximum atomic E-state index is 12.8. The number of carbonyl (C=O) groups is 1. The quantitative estimate of drug-likeness (QED) is 0.586. The Bertz CT molecular complexity index is 1110. The van der Waals surface area contributed by atoms with Gasteiger partial charge in [0.25, 0.3) is 5.91 Å². The van der Waals surface area contributed by atoms with Crippen molar-refractivity contribution in [1.82, 2.24) is 24.6 Å². The zero-order valence-electron chi connectivity index (χ0n) is 18.8. The molecule has 0 N–H and O–H groups in total. The zero-order valence-corrected chi connectivity index (χ0v) is 18.8. The Morgan fingerprint density at radius 1 is 1.23 bits per heavy atom. The third-order valence-electron chi connectivity index (χ3n) is 5.66. The molecule has 0 unspecified atom stereocenters. The first-order valence-corrected chi connectivity index (χ1v) is 10.5. The molecule has 0 saturated carbocycles. The first kappa shape index (κ1) is 21.1. The van der Waals surface area contributed by atoms with Crippen molar-refractivity contribution in [3.8, 4) is 11.6 Å². The molecule has 0 spiro atoms. The number of para-hydroxylation sites is 1. The number of rotatable bonds is 7. The van der Waals surface area contributed by atoms with Gasteiger partial charge in [-0.3, -0.25) is 9.69 Å². The van der Waals surface area contributed by atoms with Crippen molar-refractivity contribution in [2.45, 2.75) is 46.4 Å². The minimum absolute atomic E-state index is 0.0450. The molecule has 7 nitrogen and oxygen atoms in total. The van der Waals surface area contributed by atoms with Crippen LogP contribution in [-0.2, 0) is 19.6 Å². The second-order valence-electron chi connectivity index (χ2n) is 8.43. The smallest absolute Gasteiger partial charge is 0.256 e. The van der Waals surface area contributed by atoms with Gasteiger partial charge in [-0.05, 0) is 45.5 Å². The molecule has 0 fully saturated rings. The molecule has 4 rings (SSSR count). The SMILES string of the molecule is COc1nc2c(cc1CN(C)Cc1cnn(-c3ccccc3C)c1)C(=O)N(C(C)C)C2. The summed E-state index contributed by atoms with van der Waals surface area (Å²) in [7, 11) is 3.67. The van der Waals surface area contributed by atoms with Gasteiger partial charge in [0.2, 0.25) is 5.88 Å². The molecular formula is C24H29N5O2. The van der Waals surface area contributed by atoms with E-state index < -0.39 is 0 Å². The van der Waals surface area contributed by atoms with Crippen LogP contribution >= 0.6 is 0 Å². The fourth-order valence-electron chi connectivity index (χ4n) is 4.03. The van der Waals surface area contributed by atoms with E-state index in [1.807, 2.05) is 54.9 Å². The summed E-state index contributed by atoms with van der Waals surface area (Å²) in [6.07, 6.45) is 3.95. The molecule has 7 heteroatoms. The van der Waals surface area contributed by atoms with Crippen LogP contribution in [0.15, 0.2) is 42.7 Å². The molecule has 0 aliphatic carbocycles. The van der Waals surface area contributed by atoms with Crippen LogP contribution in [0.4, 0.5) is 0 Å². The van der Waals surface area contributed by atoms with E-state index in [9.17, 15) is 4.79 Å². The van der Waals surface area contributed by atoms with E-state index in [2.05, 4.69) is 40.2 Å². The third-order valence-corrected chi connectivity index (χ3v) is 5.66. The Labute approximate surface area is 183 Å². The van der Waals surface area contributed by atoms with E-state index in [1.165, 1.54) is 5.56 Å². The average molecular weight is 420 g/mol. The second kappa shape index (κ2) is 8.51. The summed E-state index contributed by atoms with van der Waals surface area (Å²) in [5.74, 6) is 0.628. The van der Waals surface area contributed by atoms with Crippen molar-refractivity contribution in [1.29, 1.82) is 0 Å². The summed E-state index contributed by atoms with van der Waals surface area (Å²) in [6.45, 7) is 8.00. The van der Waals surface area contributed by atoms with Gasteiger partial charge in [-0.1, -0.05) is 18.2 Å². The number of fused-ring (bicyclic) bond motifs is 1. The Balaban J connectivity index is 1.50. The van der Waals surface area contributed by atoms with Gasteiger partial charge < -0.3 is 9.64 Å². The molecule has 0 radical (unpaired) electrons. The summed E-state index contributed by atoms with van der Waals surface area (Å²) in [5.41, 5.74) is 5.76. The standard InChI is InChI=1S/C24H29N5O2/c1-16(2)28-15-21-20(24(28)30)10-19(23(26-21)31-5)14-27(4)12-18-11-25-29(13-18)22-9-7-6-8-17(22)3/h6-11,13,16H,12,14-15H2,1-5H3. The molecule has 3 heterocycles. The number of benzene rings is 1. The van der Waals surface area contributed by atoms with Gasteiger partial charge in [-0.2, -0.15) is 5.10 Å². The van der Waals surface area contributed by atoms with Crippen molar-refractivity contribution in [2.24, 2.45) is 0 Å². The van der Waals surface area contributed by atoms with E-state index >= 15 is 0 Å². The van der Waals surface area contributed by atoms with E-state index in [1.54, 1.807) is 7.11 Å². The molecule has 2 aromatic heterocycles. The van der Waals surface area contributed by atoms with Crippen LogP contribution in [0, 0.1) is 6.92 Å². The normalized spacial score (nSPS) is 13.4. The van der Waals surface area contributed by atoms with Crippen LogP contribution in [-0.4, -0.2) is 50.7 Å². The molecule has 0 bridgehead atoms. The summed E-state index contributed by atoms with van der Waals surface area (Å²) >= 11 is 0. The summed E-state index contributed by atoms with van der Waals surface area (Å²) in [6, 6.07) is 10.3. The molecule has 0 saturated heterocycles. The maximum Gasteiger partial charge on any atom is 0.256 e. The van der Waals surface area contributed by atoms with Crippen molar-refractivity contribution in [3.63, 3.8) is 0 Å². The van der Waals surface area contributed by atoms with Crippen molar-refractivity contribution >= 4 is 5.91 Å². The second-order valence-corrected chi connectivity index (χ2v) is 8.43. The predicted octanol–water partition coefficient (Wildman–Crippen LogP) is 3.58. The molecule has 162 valence electrons. The lowest BCUT2D eigenvalue weighted by Gasteiger charge is -2.19. The van der Waals surface area contributed by atoms with Gasteiger partial charge in [0.15, 0.2) is 0 Å². The predicted molar refractivity (Wildman–Crippen MR) is 119 cm³/mol. The van der Waals surface area contributed by atoms with Gasteiger partial charge >= 0.3 is 0 Å². The lowest BCUT2D eigenvalue weighted by Crippen LogP contribution is -2.30. The van der Waals surface area contributed by atoms with Gasteiger partial charge in [0.1, 0.15) is 0 Å². The maximum absolute atomic E-state index is 12.8. The molecule has 1 amide bonds. The summed E-state index contributed by atoms with van der Waals surface area (Å²) in [5, 5.41) is 4.53. The molecule has 0 atom stereocenters. The van der Waals surface area contributed by atoms with E-state index in [4.69, 9.17) is 4.74 Å². The van der Waals surface area contributed by atoms with Crippen LogP contribution in [0.2, 0.25) is 0 Å². The fraction of sp³-hybridized carbons (Fsp3) is 0.375. The zero-order chi connectivity index (χ0) is 22.1. The first-order valence-electron chi connectivity index (χ1n) is 10.5. The van der Waals surface area contributed by atoms with Crippen LogP contribution in [0.3, 0.4) is 0 Å². The summed E-state index contributed by atoms with van der Waals surface area (Å²) in [4.78, 5) is 21.4. The number of ether oxygens (including phenoxy) is 1. The van der Waals surface area contributed by atoms with Crippen LogP contribution in [0.5, 0.6) is 5.88 Å². The highest BCUT2D eigenvalue weighted by Gasteiger charge is 2.32. The van der Waals surface area contributed by atoms with Crippen molar-refractivity contribution in [2.75, 3.05) is 14.2 Å². The Kier molecular flexibility index (Phi) is 5.78. The lowest BCUT2D eigenvalue weighted by molar-refractivity contribution is 0.0730. The van der Waals surface area contributed by atoms with Crippen LogP contribution in [0.25, 0.3) is 5.69 Å². The van der Waals surface area contributed by atoms with Crippen LogP contribution < -0.4 is 4.74 Å².